The van der Waals surface area contributed by atoms with Crippen LogP contribution < -0.4 is 10.8 Å². The maximum Gasteiger partial charge on any atom is 0.227 e. The van der Waals surface area contributed by atoms with E-state index in [1.807, 2.05) is 25.1 Å². The number of aromatic carboxylic acids is 1. The summed E-state index contributed by atoms with van der Waals surface area (Å²) in [5, 5.41) is 11.1. The quantitative estimate of drug-likeness (QED) is 0.780. The van der Waals surface area contributed by atoms with Gasteiger partial charge < -0.3 is 20.1 Å². The number of benzene rings is 2. The van der Waals surface area contributed by atoms with E-state index in [0.29, 0.717) is 28.6 Å². The molecule has 0 saturated heterocycles. The van der Waals surface area contributed by atoms with Crippen molar-refractivity contribution in [3.05, 3.63) is 53.6 Å². The molecule has 0 fully saturated rings. The Hall–Kier alpha value is -2.66. The Labute approximate surface area is 134 Å². The minimum absolute atomic E-state index is 0.0748. The first-order valence-electron chi connectivity index (χ1n) is 7.39. The lowest BCUT2D eigenvalue weighted by atomic mass is 10.1. The highest BCUT2D eigenvalue weighted by molar-refractivity contribution is 5.94. The average molecular weight is 312 g/mol. The summed E-state index contributed by atoms with van der Waals surface area (Å²) in [6.07, 6.45) is 0. The van der Waals surface area contributed by atoms with E-state index in [1.165, 1.54) is 6.07 Å². The Balaban J connectivity index is 0.000000433. The van der Waals surface area contributed by atoms with Crippen molar-refractivity contribution >= 4 is 17.1 Å². The maximum atomic E-state index is 11.1. The molecule has 0 saturated carbocycles. The van der Waals surface area contributed by atoms with E-state index in [1.54, 1.807) is 18.2 Å². The van der Waals surface area contributed by atoms with Crippen molar-refractivity contribution in [2.45, 2.75) is 26.8 Å². The predicted molar refractivity (Wildman–Crippen MR) is 86.5 cm³/mol. The van der Waals surface area contributed by atoms with Crippen molar-refractivity contribution in [2.75, 3.05) is 0 Å². The first kappa shape index (κ1) is 16.7. The first-order valence-corrected chi connectivity index (χ1v) is 7.39. The standard InChI is InChI=1S/C15H11NO3.C3H9N/c1-9-6-7-13-12(8-9)16-14(19-13)10-4-2-3-5-11(10)15(17)18;1-3(2)4/h2-8H,1H3,(H,17,18);3H,4H2,1-2H3. The summed E-state index contributed by atoms with van der Waals surface area (Å²) >= 11 is 0. The number of carboxylic acid groups (broad SMARTS) is 1. The minimum atomic E-state index is -1.24. The van der Waals surface area contributed by atoms with Gasteiger partial charge in [-0.3, -0.25) is 0 Å². The number of fused-ring (bicyclic) bond motifs is 1. The number of carbonyl (C=O) groups is 1. The van der Waals surface area contributed by atoms with Gasteiger partial charge in [0.05, 0.1) is 12.0 Å². The van der Waals surface area contributed by atoms with E-state index in [2.05, 4.69) is 24.6 Å². The third kappa shape index (κ3) is 4.17. The molecular weight excluding hydrogens is 292 g/mol. The number of hydrogen-bond donors (Lipinski definition) is 1. The lowest BCUT2D eigenvalue weighted by Crippen LogP contribution is -2.57. The second-order valence-electron chi connectivity index (χ2n) is 5.72. The Morgan fingerprint density at radius 1 is 1.22 bits per heavy atom. The van der Waals surface area contributed by atoms with Gasteiger partial charge in [0.1, 0.15) is 5.52 Å². The minimum Gasteiger partial charge on any atom is -0.545 e. The Kier molecular flexibility index (Phi) is 5.13. The molecule has 2 aromatic carbocycles. The molecule has 0 radical (unpaired) electrons. The van der Waals surface area contributed by atoms with Crippen LogP contribution in [0.2, 0.25) is 0 Å². The molecule has 0 spiro atoms. The summed E-state index contributed by atoms with van der Waals surface area (Å²) in [6.45, 7) is 6.07. The van der Waals surface area contributed by atoms with Crippen LogP contribution in [0.4, 0.5) is 0 Å². The fraction of sp³-hybridized carbons (Fsp3) is 0.222. The zero-order chi connectivity index (χ0) is 17.0. The Morgan fingerprint density at radius 3 is 2.52 bits per heavy atom. The molecule has 5 nitrogen and oxygen atoms in total. The highest BCUT2D eigenvalue weighted by atomic mass is 16.4. The summed E-state index contributed by atoms with van der Waals surface area (Å²) in [5.41, 5.74) is 6.56. The van der Waals surface area contributed by atoms with Gasteiger partial charge in [-0.15, -0.1) is 0 Å². The van der Waals surface area contributed by atoms with Gasteiger partial charge in [-0.05, 0) is 44.5 Å². The number of rotatable bonds is 2. The Morgan fingerprint density at radius 2 is 1.87 bits per heavy atom. The average Bonchev–Trinajstić information content (AvgIpc) is 2.89. The molecule has 3 aromatic rings. The van der Waals surface area contributed by atoms with E-state index in [-0.39, 0.29) is 5.56 Å². The van der Waals surface area contributed by atoms with Crippen LogP contribution in [-0.2, 0) is 0 Å². The van der Waals surface area contributed by atoms with Crippen LogP contribution in [0, 0.1) is 6.92 Å². The van der Waals surface area contributed by atoms with Crippen LogP contribution in [0.5, 0.6) is 0 Å². The topological polar surface area (TPSA) is 93.8 Å². The molecule has 0 amide bonds. The van der Waals surface area contributed by atoms with E-state index >= 15 is 0 Å². The molecule has 1 aromatic heterocycles. The molecule has 5 heteroatoms. The number of carbonyl (C=O) groups excluding carboxylic acids is 1. The van der Waals surface area contributed by atoms with Gasteiger partial charge in [0.2, 0.25) is 5.89 Å². The van der Waals surface area contributed by atoms with E-state index in [4.69, 9.17) is 4.42 Å². The molecule has 0 unspecified atom stereocenters. The van der Waals surface area contributed by atoms with Crippen molar-refractivity contribution < 1.29 is 20.1 Å². The molecule has 0 bridgehead atoms. The van der Waals surface area contributed by atoms with Crippen LogP contribution in [-0.4, -0.2) is 17.0 Å². The van der Waals surface area contributed by atoms with Crippen molar-refractivity contribution in [1.82, 2.24) is 4.98 Å². The molecule has 3 rings (SSSR count). The number of nitrogens with zero attached hydrogens (tertiary/aromatic N) is 1. The summed E-state index contributed by atoms with van der Waals surface area (Å²) in [5.74, 6) is -0.950. The Bertz CT molecular complexity index is 819. The zero-order valence-corrected chi connectivity index (χ0v) is 13.5. The lowest BCUT2D eigenvalue weighted by Gasteiger charge is -2.06. The smallest absolute Gasteiger partial charge is 0.227 e. The van der Waals surface area contributed by atoms with Crippen LogP contribution in [0.1, 0.15) is 29.8 Å². The SMILES string of the molecule is CC(C)[NH3+].Cc1ccc2oc(-c3ccccc3C(=O)[O-])nc2c1. The number of aromatic nitrogens is 1. The van der Waals surface area contributed by atoms with Crippen LogP contribution in [0.3, 0.4) is 0 Å². The maximum absolute atomic E-state index is 11.1. The van der Waals surface area contributed by atoms with Gasteiger partial charge in [0, 0.05) is 11.1 Å². The second-order valence-corrected chi connectivity index (χ2v) is 5.72. The number of quaternary nitrogens is 1. The van der Waals surface area contributed by atoms with Gasteiger partial charge in [0.15, 0.2) is 5.58 Å². The predicted octanol–water partition coefficient (Wildman–Crippen LogP) is 1.80. The van der Waals surface area contributed by atoms with Crippen molar-refractivity contribution in [2.24, 2.45) is 0 Å². The lowest BCUT2D eigenvalue weighted by molar-refractivity contribution is -0.407. The molecular formula is C18H20N2O3. The third-order valence-corrected chi connectivity index (χ3v) is 2.92. The van der Waals surface area contributed by atoms with Crippen molar-refractivity contribution in [1.29, 1.82) is 0 Å². The summed E-state index contributed by atoms with van der Waals surface area (Å²) in [6, 6.07) is 12.7. The van der Waals surface area contributed by atoms with Crippen molar-refractivity contribution in [3.63, 3.8) is 0 Å². The molecule has 0 aliphatic rings. The fourth-order valence-corrected chi connectivity index (χ4v) is 2.00. The van der Waals surface area contributed by atoms with Crippen LogP contribution in [0.15, 0.2) is 46.9 Å². The summed E-state index contributed by atoms with van der Waals surface area (Å²) in [7, 11) is 0. The van der Waals surface area contributed by atoms with Gasteiger partial charge >= 0.3 is 0 Å². The second kappa shape index (κ2) is 7.07. The monoisotopic (exact) mass is 312 g/mol. The van der Waals surface area contributed by atoms with Gasteiger partial charge in [-0.25, -0.2) is 4.98 Å². The zero-order valence-electron chi connectivity index (χ0n) is 13.5. The van der Waals surface area contributed by atoms with Gasteiger partial charge in [-0.1, -0.05) is 24.3 Å². The molecule has 3 N–H and O–H groups in total. The molecule has 0 atom stereocenters. The third-order valence-electron chi connectivity index (χ3n) is 2.92. The fourth-order valence-electron chi connectivity index (χ4n) is 2.00. The van der Waals surface area contributed by atoms with Gasteiger partial charge in [-0.2, -0.15) is 0 Å². The molecule has 23 heavy (non-hydrogen) atoms. The van der Waals surface area contributed by atoms with E-state index in [9.17, 15) is 9.90 Å². The highest BCUT2D eigenvalue weighted by Crippen LogP contribution is 2.27. The summed E-state index contributed by atoms with van der Waals surface area (Å²) in [4.78, 5) is 15.4. The molecule has 0 aliphatic carbocycles. The molecule has 1 heterocycles. The number of carboxylic acids is 1. The van der Waals surface area contributed by atoms with E-state index in [0.717, 1.165) is 5.56 Å². The number of oxazole rings is 1. The summed E-state index contributed by atoms with van der Waals surface area (Å²) < 4.78 is 5.60. The van der Waals surface area contributed by atoms with E-state index < -0.39 is 5.97 Å². The molecule has 120 valence electrons. The largest absolute Gasteiger partial charge is 0.545 e. The van der Waals surface area contributed by atoms with Crippen LogP contribution in [0.25, 0.3) is 22.6 Å². The van der Waals surface area contributed by atoms with Crippen LogP contribution >= 0.6 is 0 Å². The normalized spacial score (nSPS) is 10.5. The van der Waals surface area contributed by atoms with Gasteiger partial charge in [0.25, 0.3) is 0 Å². The highest BCUT2D eigenvalue weighted by Gasteiger charge is 2.12. The molecule has 0 aliphatic heterocycles. The van der Waals surface area contributed by atoms with Crippen molar-refractivity contribution in [3.8, 4) is 11.5 Å². The first-order chi connectivity index (χ1) is 10.9. The number of aryl methyl sites for hydroxylation is 1. The number of hydrogen-bond acceptors (Lipinski definition) is 4.